The van der Waals surface area contributed by atoms with E-state index in [0.717, 1.165) is 0 Å². The number of amides is 2. The van der Waals surface area contributed by atoms with E-state index in [0.29, 0.717) is 17.5 Å². The number of rotatable bonds is 5. The Balaban J connectivity index is 2.20. The molecule has 1 atom stereocenters. The van der Waals surface area contributed by atoms with Crippen LogP contribution >= 0.6 is 0 Å². The maximum absolute atomic E-state index is 13.5. The molecule has 118 valence electrons. The first-order valence-electron chi connectivity index (χ1n) is 7.06. The van der Waals surface area contributed by atoms with Crippen LogP contribution in [0.4, 0.5) is 13.6 Å². The predicted octanol–water partition coefficient (Wildman–Crippen LogP) is 3.18. The first-order valence-corrected chi connectivity index (χ1v) is 7.06. The molecule has 0 aliphatic carbocycles. The Morgan fingerprint density at radius 1 is 1.13 bits per heavy atom. The van der Waals surface area contributed by atoms with Gasteiger partial charge in [0, 0.05) is 0 Å². The van der Waals surface area contributed by atoms with E-state index in [1.54, 1.807) is 24.3 Å². The molecule has 0 saturated carbocycles. The second-order valence-electron chi connectivity index (χ2n) is 4.97. The van der Waals surface area contributed by atoms with Gasteiger partial charge in [-0.15, -0.1) is 6.42 Å². The molecular weight excluding hydrogens is 298 g/mol. The lowest BCUT2D eigenvalue weighted by atomic mass is 9.99. The minimum absolute atomic E-state index is 0.0850. The zero-order valence-electron chi connectivity index (χ0n) is 12.4. The zero-order valence-corrected chi connectivity index (χ0v) is 12.4. The molecule has 5 heteroatoms. The van der Waals surface area contributed by atoms with Crippen molar-refractivity contribution in [2.45, 2.75) is 12.5 Å². The molecule has 0 aliphatic heterocycles. The third-order valence-electron chi connectivity index (χ3n) is 3.24. The predicted molar refractivity (Wildman–Crippen MR) is 84.6 cm³/mol. The molecule has 0 unspecified atom stereocenters. The summed E-state index contributed by atoms with van der Waals surface area (Å²) in [5.41, 5.74) is 1.28. The maximum atomic E-state index is 13.5. The second-order valence-corrected chi connectivity index (χ2v) is 4.97. The van der Waals surface area contributed by atoms with Crippen molar-refractivity contribution in [2.24, 2.45) is 0 Å². The average Bonchev–Trinajstić information content (AvgIpc) is 2.52. The minimum Gasteiger partial charge on any atom is -0.331 e. The zero-order chi connectivity index (χ0) is 16.7. The van der Waals surface area contributed by atoms with Crippen LogP contribution in [-0.4, -0.2) is 12.6 Å². The number of terminal acetylenes is 1. The third-order valence-corrected chi connectivity index (χ3v) is 3.24. The highest BCUT2D eigenvalue weighted by molar-refractivity contribution is 5.74. The van der Waals surface area contributed by atoms with Crippen molar-refractivity contribution in [1.82, 2.24) is 10.6 Å². The Kier molecular flexibility index (Phi) is 5.70. The van der Waals surface area contributed by atoms with Gasteiger partial charge in [-0.25, -0.2) is 13.6 Å². The molecule has 2 amide bonds. The van der Waals surface area contributed by atoms with Crippen molar-refractivity contribution in [2.75, 3.05) is 6.54 Å². The molecule has 2 aromatic rings. The van der Waals surface area contributed by atoms with Crippen LogP contribution < -0.4 is 10.6 Å². The standard InChI is InChI=1S/C18H16F2N2O/c1-2-9-21-18(23)22-17(14-6-4-8-16(20)12-14)11-13-5-3-7-15(19)10-13/h1,3-8,10,12,17H,9,11H2,(H2,21,22,23)/t17-/m0/s1. The summed E-state index contributed by atoms with van der Waals surface area (Å²) in [4.78, 5) is 11.8. The Morgan fingerprint density at radius 2 is 1.83 bits per heavy atom. The SMILES string of the molecule is C#CCNC(=O)N[C@@H](Cc1cccc(F)c1)c1cccc(F)c1. The third kappa shape index (κ3) is 5.11. The van der Waals surface area contributed by atoms with Gasteiger partial charge in [-0.2, -0.15) is 0 Å². The summed E-state index contributed by atoms with van der Waals surface area (Å²) in [7, 11) is 0. The van der Waals surface area contributed by atoms with E-state index in [2.05, 4.69) is 16.6 Å². The van der Waals surface area contributed by atoms with Crippen LogP contribution in [-0.2, 0) is 6.42 Å². The van der Waals surface area contributed by atoms with Crippen LogP contribution in [0.2, 0.25) is 0 Å². The lowest BCUT2D eigenvalue weighted by molar-refractivity contribution is 0.238. The van der Waals surface area contributed by atoms with Crippen LogP contribution in [0.3, 0.4) is 0 Å². The molecule has 23 heavy (non-hydrogen) atoms. The fourth-order valence-electron chi connectivity index (χ4n) is 2.22. The van der Waals surface area contributed by atoms with E-state index in [1.165, 1.54) is 24.3 Å². The fourth-order valence-corrected chi connectivity index (χ4v) is 2.22. The molecule has 0 bridgehead atoms. The highest BCUT2D eigenvalue weighted by Crippen LogP contribution is 2.20. The molecule has 2 N–H and O–H groups in total. The quantitative estimate of drug-likeness (QED) is 0.818. The van der Waals surface area contributed by atoms with Crippen molar-refractivity contribution in [3.8, 4) is 12.3 Å². The van der Waals surface area contributed by atoms with Gasteiger partial charge in [0.25, 0.3) is 0 Å². The Bertz CT molecular complexity index is 725. The molecule has 2 aromatic carbocycles. The highest BCUT2D eigenvalue weighted by Gasteiger charge is 2.16. The van der Waals surface area contributed by atoms with Gasteiger partial charge in [0.2, 0.25) is 0 Å². The normalized spacial score (nSPS) is 11.3. The topological polar surface area (TPSA) is 41.1 Å². The van der Waals surface area contributed by atoms with Gasteiger partial charge in [0.05, 0.1) is 12.6 Å². The lowest BCUT2D eigenvalue weighted by Crippen LogP contribution is -2.38. The van der Waals surface area contributed by atoms with Crippen LogP contribution in [0.25, 0.3) is 0 Å². The van der Waals surface area contributed by atoms with Crippen LogP contribution in [0.15, 0.2) is 48.5 Å². The van der Waals surface area contributed by atoms with E-state index in [4.69, 9.17) is 6.42 Å². The number of hydrogen-bond acceptors (Lipinski definition) is 1. The summed E-state index contributed by atoms with van der Waals surface area (Å²) in [6, 6.07) is 11.0. The van der Waals surface area contributed by atoms with E-state index < -0.39 is 17.9 Å². The first-order chi connectivity index (χ1) is 11.1. The van der Waals surface area contributed by atoms with Gasteiger partial charge >= 0.3 is 6.03 Å². The highest BCUT2D eigenvalue weighted by atomic mass is 19.1. The summed E-state index contributed by atoms with van der Waals surface area (Å²) in [5, 5.41) is 5.22. The number of halogens is 2. The van der Waals surface area contributed by atoms with Gasteiger partial charge in [-0.1, -0.05) is 30.2 Å². The summed E-state index contributed by atoms with van der Waals surface area (Å²) < 4.78 is 26.8. The van der Waals surface area contributed by atoms with Crippen molar-refractivity contribution in [3.63, 3.8) is 0 Å². The van der Waals surface area contributed by atoms with Gasteiger partial charge in [-0.3, -0.25) is 0 Å². The molecule has 0 aromatic heterocycles. The number of carbonyl (C=O) groups excluding carboxylic acids is 1. The molecule has 0 fully saturated rings. The maximum Gasteiger partial charge on any atom is 0.316 e. The Hall–Kier alpha value is -2.87. The molecule has 0 spiro atoms. The molecule has 0 saturated heterocycles. The van der Waals surface area contributed by atoms with Crippen molar-refractivity contribution >= 4 is 6.03 Å². The summed E-state index contributed by atoms with van der Waals surface area (Å²) in [6.07, 6.45) is 5.42. The van der Waals surface area contributed by atoms with Crippen LogP contribution in [0.5, 0.6) is 0 Å². The summed E-state index contributed by atoms with van der Waals surface area (Å²) in [6.45, 7) is 0.0850. The number of benzene rings is 2. The number of hydrogen-bond donors (Lipinski definition) is 2. The second kappa shape index (κ2) is 7.95. The fraction of sp³-hybridized carbons (Fsp3) is 0.167. The van der Waals surface area contributed by atoms with Crippen LogP contribution in [0, 0.1) is 24.0 Å². The molecule has 0 heterocycles. The largest absolute Gasteiger partial charge is 0.331 e. The van der Waals surface area contributed by atoms with Crippen molar-refractivity contribution < 1.29 is 13.6 Å². The lowest BCUT2D eigenvalue weighted by Gasteiger charge is -2.19. The average molecular weight is 314 g/mol. The molecule has 0 radical (unpaired) electrons. The van der Waals surface area contributed by atoms with Gasteiger partial charge < -0.3 is 10.6 Å². The van der Waals surface area contributed by atoms with E-state index >= 15 is 0 Å². The number of carbonyl (C=O) groups is 1. The van der Waals surface area contributed by atoms with Crippen LogP contribution in [0.1, 0.15) is 17.2 Å². The van der Waals surface area contributed by atoms with Crippen molar-refractivity contribution in [3.05, 3.63) is 71.3 Å². The van der Waals surface area contributed by atoms with Gasteiger partial charge in [-0.05, 0) is 41.8 Å². The van der Waals surface area contributed by atoms with E-state index in [-0.39, 0.29) is 12.4 Å². The van der Waals surface area contributed by atoms with E-state index in [1.807, 2.05) is 0 Å². The Morgan fingerprint density at radius 3 is 2.48 bits per heavy atom. The van der Waals surface area contributed by atoms with Crippen molar-refractivity contribution in [1.29, 1.82) is 0 Å². The molecule has 0 aliphatic rings. The minimum atomic E-state index is -0.509. The first kappa shape index (κ1) is 16.5. The summed E-state index contributed by atoms with van der Waals surface area (Å²) in [5.74, 6) is 1.53. The smallest absolute Gasteiger partial charge is 0.316 e. The molecule has 3 nitrogen and oxygen atoms in total. The Labute approximate surface area is 133 Å². The molecular formula is C18H16F2N2O. The van der Waals surface area contributed by atoms with E-state index in [9.17, 15) is 13.6 Å². The summed E-state index contributed by atoms with van der Waals surface area (Å²) >= 11 is 0. The molecule has 2 rings (SSSR count). The number of urea groups is 1. The number of nitrogens with one attached hydrogen (secondary N) is 2. The van der Waals surface area contributed by atoms with Gasteiger partial charge in [0.1, 0.15) is 11.6 Å². The monoisotopic (exact) mass is 314 g/mol. The van der Waals surface area contributed by atoms with Gasteiger partial charge in [0.15, 0.2) is 0 Å².